The van der Waals surface area contributed by atoms with Crippen LogP contribution < -0.4 is 0 Å². The Kier molecular flexibility index (Phi) is 7.37. The van der Waals surface area contributed by atoms with E-state index in [1.54, 1.807) is 0 Å². The molecule has 4 nitrogen and oxygen atoms in total. The maximum absolute atomic E-state index is 5.17. The summed E-state index contributed by atoms with van der Waals surface area (Å²) in [5.41, 5.74) is 8.51. The van der Waals surface area contributed by atoms with Crippen molar-refractivity contribution in [3.8, 4) is 51.0 Å². The second kappa shape index (κ2) is 13.1. The van der Waals surface area contributed by atoms with E-state index < -0.39 is 0 Å². The molecule has 0 radical (unpaired) electrons. The van der Waals surface area contributed by atoms with Gasteiger partial charge in [0.2, 0.25) is 0 Å². The van der Waals surface area contributed by atoms with Gasteiger partial charge in [-0.15, -0.1) is 11.3 Å². The Morgan fingerprint density at radius 2 is 0.914 bits per heavy atom. The van der Waals surface area contributed by atoms with Crippen LogP contribution in [0.4, 0.5) is 0 Å². The van der Waals surface area contributed by atoms with E-state index in [0.717, 1.165) is 33.5 Å². The SMILES string of the molecule is c1ccc(-c2nc(-c3ccccc3)nc(-c3ccc(-n4c5ccccc5c5cc6ccccc6cc54)c(-c4cccc5sc6cc7ccccc7cc6c45)c3)n2)cc1. The summed E-state index contributed by atoms with van der Waals surface area (Å²) in [7, 11) is 0. The van der Waals surface area contributed by atoms with Crippen LogP contribution in [-0.2, 0) is 0 Å². The fraction of sp³-hybridized carbons (Fsp3) is 0. The second-order valence-electron chi connectivity index (χ2n) is 14.8. The van der Waals surface area contributed by atoms with Crippen LogP contribution in [0.1, 0.15) is 0 Å². The molecule has 0 saturated heterocycles. The van der Waals surface area contributed by atoms with Crippen molar-refractivity contribution < 1.29 is 0 Å². The first-order valence-corrected chi connectivity index (χ1v) is 20.3. The van der Waals surface area contributed by atoms with Crippen LogP contribution in [0.15, 0.2) is 194 Å². The smallest absolute Gasteiger partial charge is 0.164 e. The Labute approximate surface area is 338 Å². The van der Waals surface area contributed by atoms with Crippen molar-refractivity contribution in [2.45, 2.75) is 0 Å². The van der Waals surface area contributed by atoms with Crippen molar-refractivity contribution in [3.05, 3.63) is 194 Å². The first-order valence-electron chi connectivity index (χ1n) is 19.5. The molecule has 0 N–H and O–H groups in total. The van der Waals surface area contributed by atoms with Gasteiger partial charge in [-0.2, -0.15) is 0 Å². The Balaban J connectivity index is 1.18. The lowest BCUT2D eigenvalue weighted by Crippen LogP contribution is -2.02. The highest BCUT2D eigenvalue weighted by atomic mass is 32.1. The van der Waals surface area contributed by atoms with E-state index in [-0.39, 0.29) is 0 Å². The van der Waals surface area contributed by atoms with Crippen LogP contribution in [0.3, 0.4) is 0 Å². The topological polar surface area (TPSA) is 43.6 Å². The van der Waals surface area contributed by atoms with E-state index in [1.807, 2.05) is 47.7 Å². The zero-order valence-corrected chi connectivity index (χ0v) is 32.0. The summed E-state index contributed by atoms with van der Waals surface area (Å²) in [6.07, 6.45) is 0. The molecule has 3 heterocycles. The average molecular weight is 757 g/mol. The van der Waals surface area contributed by atoms with E-state index in [1.165, 1.54) is 63.6 Å². The van der Waals surface area contributed by atoms with Crippen molar-refractivity contribution in [3.63, 3.8) is 0 Å². The molecule has 12 rings (SSSR count). The highest BCUT2D eigenvalue weighted by molar-refractivity contribution is 7.26. The van der Waals surface area contributed by atoms with Gasteiger partial charge in [-0.1, -0.05) is 140 Å². The molecule has 0 amide bonds. The number of para-hydroxylation sites is 1. The lowest BCUT2D eigenvalue weighted by Gasteiger charge is -2.17. The minimum absolute atomic E-state index is 0.627. The summed E-state index contributed by atoms with van der Waals surface area (Å²) in [6, 6.07) is 69.3. The predicted molar refractivity (Wildman–Crippen MR) is 244 cm³/mol. The van der Waals surface area contributed by atoms with E-state index in [9.17, 15) is 0 Å². The second-order valence-corrected chi connectivity index (χ2v) is 15.9. The number of thiophene rings is 1. The van der Waals surface area contributed by atoms with Crippen LogP contribution in [0.2, 0.25) is 0 Å². The Morgan fingerprint density at radius 1 is 0.345 bits per heavy atom. The number of hydrogen-bond acceptors (Lipinski definition) is 4. The summed E-state index contributed by atoms with van der Waals surface area (Å²) in [5.74, 6) is 1.91. The fourth-order valence-corrected chi connectivity index (χ4v) is 9.84. The van der Waals surface area contributed by atoms with Gasteiger partial charge in [0.15, 0.2) is 17.5 Å². The van der Waals surface area contributed by atoms with Gasteiger partial charge in [-0.05, 0) is 81.7 Å². The maximum atomic E-state index is 5.17. The van der Waals surface area contributed by atoms with Gasteiger partial charge >= 0.3 is 0 Å². The molecule has 0 saturated carbocycles. The molecule has 0 aliphatic rings. The molecular weight excluding hydrogens is 725 g/mol. The Bertz CT molecular complexity index is 3510. The third kappa shape index (κ3) is 5.25. The van der Waals surface area contributed by atoms with Gasteiger partial charge in [0, 0.05) is 53.2 Å². The number of nitrogens with zero attached hydrogens (tertiary/aromatic N) is 4. The number of fused-ring (bicyclic) bond motifs is 8. The summed E-state index contributed by atoms with van der Waals surface area (Å²) >= 11 is 1.86. The number of benzene rings is 9. The van der Waals surface area contributed by atoms with E-state index in [0.29, 0.717) is 17.5 Å². The van der Waals surface area contributed by atoms with Crippen molar-refractivity contribution in [1.29, 1.82) is 0 Å². The molecule has 9 aromatic carbocycles. The molecule has 5 heteroatoms. The summed E-state index contributed by atoms with van der Waals surface area (Å²) in [5, 5.41) is 9.89. The Hall–Kier alpha value is -7.47. The van der Waals surface area contributed by atoms with Crippen LogP contribution in [0.5, 0.6) is 0 Å². The van der Waals surface area contributed by atoms with Crippen molar-refractivity contribution in [2.24, 2.45) is 0 Å². The average Bonchev–Trinajstić information content (AvgIpc) is 3.82. The third-order valence-electron chi connectivity index (χ3n) is 11.4. The Morgan fingerprint density at radius 3 is 1.60 bits per heavy atom. The molecule has 270 valence electrons. The summed E-state index contributed by atoms with van der Waals surface area (Å²) < 4.78 is 4.99. The lowest BCUT2D eigenvalue weighted by molar-refractivity contribution is 1.07. The third-order valence-corrected chi connectivity index (χ3v) is 12.5. The van der Waals surface area contributed by atoms with Gasteiger partial charge in [0.05, 0.1) is 16.7 Å². The molecule has 58 heavy (non-hydrogen) atoms. The molecule has 3 aromatic heterocycles. The highest BCUT2D eigenvalue weighted by Crippen LogP contribution is 2.45. The maximum Gasteiger partial charge on any atom is 0.164 e. The van der Waals surface area contributed by atoms with E-state index >= 15 is 0 Å². The predicted octanol–water partition coefficient (Wildman–Crippen LogP) is 14.3. The lowest BCUT2D eigenvalue weighted by atomic mass is 9.95. The molecule has 12 aromatic rings. The molecule has 0 spiro atoms. The number of aromatic nitrogens is 4. The van der Waals surface area contributed by atoms with Gasteiger partial charge in [0.1, 0.15) is 0 Å². The minimum Gasteiger partial charge on any atom is -0.309 e. The van der Waals surface area contributed by atoms with Gasteiger partial charge in [-0.3, -0.25) is 0 Å². The first kappa shape index (κ1) is 32.7. The van der Waals surface area contributed by atoms with Gasteiger partial charge < -0.3 is 4.57 Å². The summed E-state index contributed by atoms with van der Waals surface area (Å²) in [6.45, 7) is 0. The van der Waals surface area contributed by atoms with Gasteiger partial charge in [-0.25, -0.2) is 15.0 Å². The van der Waals surface area contributed by atoms with Crippen LogP contribution in [0, 0.1) is 0 Å². The number of rotatable bonds is 5. The molecule has 0 unspecified atom stereocenters. The van der Waals surface area contributed by atoms with E-state index in [4.69, 9.17) is 15.0 Å². The normalized spacial score (nSPS) is 11.8. The summed E-state index contributed by atoms with van der Waals surface area (Å²) in [4.78, 5) is 15.3. The fourth-order valence-electron chi connectivity index (χ4n) is 8.67. The van der Waals surface area contributed by atoms with Gasteiger partial charge in [0.25, 0.3) is 0 Å². The van der Waals surface area contributed by atoms with Crippen molar-refractivity contribution in [2.75, 3.05) is 0 Å². The molecule has 0 fully saturated rings. The van der Waals surface area contributed by atoms with Crippen LogP contribution in [0.25, 0.3) is 115 Å². The minimum atomic E-state index is 0.627. The largest absolute Gasteiger partial charge is 0.309 e. The monoisotopic (exact) mass is 756 g/mol. The quantitative estimate of drug-likeness (QED) is 0.176. The molecule has 0 bridgehead atoms. The molecule has 0 atom stereocenters. The van der Waals surface area contributed by atoms with Crippen LogP contribution in [-0.4, -0.2) is 19.5 Å². The standard InChI is InChI=1S/C53H32N4S/c1-3-14-33(15-4-1)51-54-52(34-16-5-2-6-17-34)56-53(55-51)39-26-27-46(57-45-24-12-11-22-40(45)42-28-35-18-7-9-20-37(35)31-47(42)57)43(30-39)41-23-13-25-48-50(41)44-29-36-19-8-10-21-38(36)32-49(44)58-48/h1-32H. The zero-order valence-electron chi connectivity index (χ0n) is 31.2. The van der Waals surface area contributed by atoms with Crippen LogP contribution >= 0.6 is 11.3 Å². The van der Waals surface area contributed by atoms with Crippen molar-refractivity contribution >= 4 is 74.9 Å². The van der Waals surface area contributed by atoms with Crippen molar-refractivity contribution in [1.82, 2.24) is 19.5 Å². The highest BCUT2D eigenvalue weighted by Gasteiger charge is 2.21. The van der Waals surface area contributed by atoms with E-state index in [2.05, 4.69) is 162 Å². The first-order chi connectivity index (χ1) is 28.7. The zero-order chi connectivity index (χ0) is 38.2. The molecule has 0 aliphatic carbocycles. The molecular formula is C53H32N4S. The molecule has 0 aliphatic heterocycles. The number of hydrogen-bond donors (Lipinski definition) is 0.